The Morgan fingerprint density at radius 2 is 1.92 bits per heavy atom. The van der Waals surface area contributed by atoms with Gasteiger partial charge >= 0.3 is 0 Å². The average Bonchev–Trinajstić information content (AvgIpc) is 3.12. The van der Waals surface area contributed by atoms with E-state index in [1.165, 1.54) is 16.9 Å². The summed E-state index contributed by atoms with van der Waals surface area (Å²) in [6.07, 6.45) is 2.54. The minimum absolute atomic E-state index is 0.267. The molecule has 0 saturated heterocycles. The van der Waals surface area contributed by atoms with Gasteiger partial charge in [0.05, 0.1) is 11.9 Å². The third-order valence-corrected chi connectivity index (χ3v) is 6.19. The predicted molar refractivity (Wildman–Crippen MR) is 98.5 cm³/mol. The summed E-state index contributed by atoms with van der Waals surface area (Å²) in [6, 6.07) is 14.7. The monoisotopic (exact) mass is 359 g/mol. The molecule has 0 aliphatic carbocycles. The highest BCUT2D eigenvalue weighted by atomic mass is 32.2. The highest BCUT2D eigenvalue weighted by molar-refractivity contribution is 7.94. The quantitative estimate of drug-likeness (QED) is 0.690. The van der Waals surface area contributed by atoms with E-state index in [0.717, 1.165) is 17.8 Å². The van der Waals surface area contributed by atoms with E-state index in [1.54, 1.807) is 35.8 Å². The molecule has 0 aliphatic rings. The lowest BCUT2D eigenvalue weighted by atomic mass is 10.1. The SMILES string of the molecule is CCc1ccccc1Nc1ccc(NS(=O)(=O)c2cccs2)nc1. The minimum atomic E-state index is -3.57. The highest BCUT2D eigenvalue weighted by Crippen LogP contribution is 2.23. The van der Waals surface area contributed by atoms with E-state index in [4.69, 9.17) is 0 Å². The van der Waals surface area contributed by atoms with Gasteiger partial charge in [-0.15, -0.1) is 11.3 Å². The smallest absolute Gasteiger partial charge is 0.272 e. The lowest BCUT2D eigenvalue weighted by Gasteiger charge is -2.11. The zero-order valence-corrected chi connectivity index (χ0v) is 14.7. The zero-order valence-electron chi connectivity index (χ0n) is 13.1. The Kier molecular flexibility index (Phi) is 4.82. The fourth-order valence-corrected chi connectivity index (χ4v) is 4.24. The van der Waals surface area contributed by atoms with Crippen molar-refractivity contribution in [2.75, 3.05) is 10.0 Å². The van der Waals surface area contributed by atoms with Crippen LogP contribution in [0.2, 0.25) is 0 Å². The van der Waals surface area contributed by atoms with Crippen molar-refractivity contribution in [1.82, 2.24) is 4.98 Å². The first-order chi connectivity index (χ1) is 11.6. The van der Waals surface area contributed by atoms with Crippen molar-refractivity contribution < 1.29 is 8.42 Å². The number of aromatic nitrogens is 1. The van der Waals surface area contributed by atoms with E-state index in [2.05, 4.69) is 28.0 Å². The van der Waals surface area contributed by atoms with Crippen molar-refractivity contribution in [2.45, 2.75) is 17.6 Å². The van der Waals surface area contributed by atoms with Gasteiger partial charge in [0.15, 0.2) is 0 Å². The number of benzene rings is 1. The molecule has 0 radical (unpaired) electrons. The Morgan fingerprint density at radius 3 is 2.58 bits per heavy atom. The number of thiophene rings is 1. The summed E-state index contributed by atoms with van der Waals surface area (Å²) < 4.78 is 27.1. The third kappa shape index (κ3) is 3.74. The summed E-state index contributed by atoms with van der Waals surface area (Å²) in [5.41, 5.74) is 3.03. The topological polar surface area (TPSA) is 71.1 Å². The first-order valence-electron chi connectivity index (χ1n) is 7.46. The maximum Gasteiger partial charge on any atom is 0.272 e. The van der Waals surface area contributed by atoms with Gasteiger partial charge in [-0.05, 0) is 41.6 Å². The summed E-state index contributed by atoms with van der Waals surface area (Å²) in [5.74, 6) is 0.290. The summed E-state index contributed by atoms with van der Waals surface area (Å²) in [6.45, 7) is 2.10. The largest absolute Gasteiger partial charge is 0.354 e. The standard InChI is InChI=1S/C17H17N3O2S2/c1-2-13-6-3-4-7-15(13)19-14-9-10-16(18-12-14)20-24(21,22)17-8-5-11-23-17/h3-12,19H,2H2,1H3,(H,18,20). The Bertz CT molecular complexity index is 905. The molecule has 0 atom stereocenters. The van der Waals surface area contributed by atoms with Crippen LogP contribution in [0.3, 0.4) is 0 Å². The van der Waals surface area contributed by atoms with Crippen molar-refractivity contribution >= 4 is 38.6 Å². The van der Waals surface area contributed by atoms with E-state index in [1.807, 2.05) is 18.2 Å². The molecule has 2 N–H and O–H groups in total. The van der Waals surface area contributed by atoms with Gasteiger partial charge in [0.1, 0.15) is 10.0 Å². The molecule has 0 aliphatic heterocycles. The van der Waals surface area contributed by atoms with Crippen LogP contribution in [-0.4, -0.2) is 13.4 Å². The second-order valence-electron chi connectivity index (χ2n) is 5.11. The van der Waals surface area contributed by atoms with Crippen LogP contribution in [0.1, 0.15) is 12.5 Å². The van der Waals surface area contributed by atoms with Crippen molar-refractivity contribution in [3.63, 3.8) is 0 Å². The molecule has 3 aromatic rings. The molecule has 124 valence electrons. The molecule has 0 unspecified atom stereocenters. The first kappa shape index (κ1) is 16.5. The molecule has 3 rings (SSSR count). The number of nitrogens with one attached hydrogen (secondary N) is 2. The molecular weight excluding hydrogens is 342 g/mol. The second-order valence-corrected chi connectivity index (χ2v) is 7.96. The maximum absolute atomic E-state index is 12.2. The van der Waals surface area contributed by atoms with Crippen LogP contribution >= 0.6 is 11.3 Å². The predicted octanol–water partition coefficient (Wildman–Crippen LogP) is 4.25. The minimum Gasteiger partial charge on any atom is -0.354 e. The fourth-order valence-electron chi connectivity index (χ4n) is 2.24. The second kappa shape index (κ2) is 7.02. The van der Waals surface area contributed by atoms with Crippen LogP contribution in [0.15, 0.2) is 64.3 Å². The number of para-hydroxylation sites is 1. The number of nitrogens with zero attached hydrogens (tertiary/aromatic N) is 1. The van der Waals surface area contributed by atoms with Gasteiger partial charge in [0.25, 0.3) is 10.0 Å². The number of pyridine rings is 1. The highest BCUT2D eigenvalue weighted by Gasteiger charge is 2.15. The molecular formula is C17H17N3O2S2. The van der Waals surface area contributed by atoms with Crippen LogP contribution in [0.5, 0.6) is 0 Å². The number of hydrogen-bond donors (Lipinski definition) is 2. The molecule has 0 spiro atoms. The van der Waals surface area contributed by atoms with Gasteiger partial charge in [-0.2, -0.15) is 0 Å². The Labute approximate surface area is 145 Å². The van der Waals surface area contributed by atoms with Gasteiger partial charge in [-0.1, -0.05) is 31.2 Å². The molecule has 7 heteroatoms. The molecule has 2 aromatic heterocycles. The lowest BCUT2D eigenvalue weighted by molar-refractivity contribution is 0.603. The molecule has 0 amide bonds. The normalized spacial score (nSPS) is 11.2. The Balaban J connectivity index is 1.74. The van der Waals surface area contributed by atoms with E-state index in [9.17, 15) is 8.42 Å². The van der Waals surface area contributed by atoms with Crippen LogP contribution < -0.4 is 10.0 Å². The van der Waals surface area contributed by atoms with E-state index in [-0.39, 0.29) is 10.0 Å². The van der Waals surface area contributed by atoms with E-state index < -0.39 is 10.0 Å². The molecule has 5 nitrogen and oxygen atoms in total. The molecule has 2 heterocycles. The first-order valence-corrected chi connectivity index (χ1v) is 9.82. The van der Waals surface area contributed by atoms with E-state index in [0.29, 0.717) is 0 Å². The third-order valence-electron chi connectivity index (χ3n) is 3.44. The lowest BCUT2D eigenvalue weighted by Crippen LogP contribution is -2.12. The summed E-state index contributed by atoms with van der Waals surface area (Å²) in [4.78, 5) is 4.18. The van der Waals surface area contributed by atoms with Gasteiger partial charge in [0, 0.05) is 5.69 Å². The van der Waals surface area contributed by atoms with Crippen molar-refractivity contribution in [3.05, 3.63) is 65.7 Å². The van der Waals surface area contributed by atoms with Crippen LogP contribution in [0.25, 0.3) is 0 Å². The molecule has 0 bridgehead atoms. The van der Waals surface area contributed by atoms with Crippen LogP contribution in [-0.2, 0) is 16.4 Å². The number of anilines is 3. The van der Waals surface area contributed by atoms with Gasteiger partial charge < -0.3 is 5.32 Å². The number of aryl methyl sites for hydroxylation is 1. The average molecular weight is 359 g/mol. The summed E-state index contributed by atoms with van der Waals surface area (Å²) in [5, 5.41) is 5.03. The Morgan fingerprint density at radius 1 is 1.08 bits per heavy atom. The molecule has 24 heavy (non-hydrogen) atoms. The van der Waals surface area contributed by atoms with Gasteiger partial charge in [0.2, 0.25) is 0 Å². The van der Waals surface area contributed by atoms with Crippen molar-refractivity contribution in [2.24, 2.45) is 0 Å². The summed E-state index contributed by atoms with van der Waals surface area (Å²) in [7, 11) is -3.57. The van der Waals surface area contributed by atoms with Crippen molar-refractivity contribution in [3.8, 4) is 0 Å². The zero-order chi connectivity index (χ0) is 17.0. The molecule has 0 saturated carbocycles. The van der Waals surface area contributed by atoms with Crippen LogP contribution in [0, 0.1) is 0 Å². The van der Waals surface area contributed by atoms with Crippen molar-refractivity contribution in [1.29, 1.82) is 0 Å². The van der Waals surface area contributed by atoms with Gasteiger partial charge in [-0.25, -0.2) is 13.4 Å². The van der Waals surface area contributed by atoms with E-state index >= 15 is 0 Å². The number of sulfonamides is 1. The molecule has 0 fully saturated rings. The molecule has 1 aromatic carbocycles. The fraction of sp³-hybridized carbons (Fsp3) is 0.118. The maximum atomic E-state index is 12.2. The van der Waals surface area contributed by atoms with Gasteiger partial charge in [-0.3, -0.25) is 4.72 Å². The summed E-state index contributed by atoms with van der Waals surface area (Å²) >= 11 is 1.17. The van der Waals surface area contributed by atoms with Crippen LogP contribution in [0.4, 0.5) is 17.2 Å². The Hall–Kier alpha value is -2.38. The number of rotatable bonds is 6. The number of hydrogen-bond acceptors (Lipinski definition) is 5.